The van der Waals surface area contributed by atoms with Crippen molar-refractivity contribution in [1.82, 2.24) is 0 Å². The highest BCUT2D eigenvalue weighted by atomic mass is 35.5. The topological polar surface area (TPSA) is 26.3 Å². The molecule has 5 heteroatoms. The van der Waals surface area contributed by atoms with Crippen molar-refractivity contribution in [1.29, 1.82) is 0 Å². The molecule has 19 heavy (non-hydrogen) atoms. The summed E-state index contributed by atoms with van der Waals surface area (Å²) >= 11 is 17.7. The first kappa shape index (κ1) is 14.2. The standard InChI is InChI=1S/C14H9Cl3O2/c15-10-5-6-11(13(17)7-10)14(18)19-8-9-3-1-2-4-12(9)16/h1-7H,8H2. The van der Waals surface area contributed by atoms with Crippen LogP contribution in [0.4, 0.5) is 0 Å². The molecule has 0 unspecified atom stereocenters. The number of rotatable bonds is 3. The summed E-state index contributed by atoms with van der Waals surface area (Å²) in [5.74, 6) is -0.512. The van der Waals surface area contributed by atoms with Crippen molar-refractivity contribution in [2.75, 3.05) is 0 Å². The third kappa shape index (κ3) is 3.63. The summed E-state index contributed by atoms with van der Waals surface area (Å²) in [6, 6.07) is 11.8. The van der Waals surface area contributed by atoms with E-state index >= 15 is 0 Å². The van der Waals surface area contributed by atoms with Crippen LogP contribution in [-0.4, -0.2) is 5.97 Å². The lowest BCUT2D eigenvalue weighted by atomic mass is 10.2. The molecule has 0 aromatic heterocycles. The lowest BCUT2D eigenvalue weighted by molar-refractivity contribution is 0.0473. The van der Waals surface area contributed by atoms with Crippen LogP contribution in [0.1, 0.15) is 15.9 Å². The fourth-order valence-corrected chi connectivity index (χ4v) is 2.17. The van der Waals surface area contributed by atoms with Gasteiger partial charge < -0.3 is 4.74 Å². The average molecular weight is 316 g/mol. The van der Waals surface area contributed by atoms with E-state index in [0.717, 1.165) is 5.56 Å². The number of esters is 1. The molecule has 0 bridgehead atoms. The number of carbonyl (C=O) groups is 1. The summed E-state index contributed by atoms with van der Waals surface area (Å²) in [5, 5.41) is 1.28. The molecule has 0 aliphatic heterocycles. The maximum Gasteiger partial charge on any atom is 0.339 e. The van der Waals surface area contributed by atoms with E-state index in [-0.39, 0.29) is 17.2 Å². The highest BCUT2D eigenvalue weighted by Gasteiger charge is 2.12. The van der Waals surface area contributed by atoms with Crippen LogP contribution in [0.5, 0.6) is 0 Å². The van der Waals surface area contributed by atoms with E-state index in [1.165, 1.54) is 12.1 Å². The van der Waals surface area contributed by atoms with Crippen LogP contribution in [-0.2, 0) is 11.3 Å². The predicted octanol–water partition coefficient (Wildman–Crippen LogP) is 5.00. The SMILES string of the molecule is O=C(OCc1ccccc1Cl)c1ccc(Cl)cc1Cl. The van der Waals surface area contributed by atoms with E-state index in [9.17, 15) is 4.79 Å². The Morgan fingerprint density at radius 2 is 1.74 bits per heavy atom. The average Bonchev–Trinajstić information content (AvgIpc) is 2.37. The van der Waals surface area contributed by atoms with E-state index < -0.39 is 5.97 Å². The molecular formula is C14H9Cl3O2. The van der Waals surface area contributed by atoms with E-state index in [2.05, 4.69) is 0 Å². The monoisotopic (exact) mass is 314 g/mol. The molecule has 98 valence electrons. The molecule has 0 N–H and O–H groups in total. The molecule has 2 nitrogen and oxygen atoms in total. The van der Waals surface area contributed by atoms with Crippen LogP contribution in [0.25, 0.3) is 0 Å². The number of carbonyl (C=O) groups excluding carboxylic acids is 1. The Hall–Kier alpha value is -1.22. The van der Waals surface area contributed by atoms with Crippen molar-refractivity contribution in [2.24, 2.45) is 0 Å². The molecule has 0 atom stereocenters. The fraction of sp³-hybridized carbons (Fsp3) is 0.0714. The van der Waals surface area contributed by atoms with Gasteiger partial charge in [0, 0.05) is 15.6 Å². The van der Waals surface area contributed by atoms with Gasteiger partial charge in [-0.25, -0.2) is 4.79 Å². The summed E-state index contributed by atoms with van der Waals surface area (Å²) in [4.78, 5) is 11.9. The molecule has 0 saturated heterocycles. The molecule has 0 aliphatic carbocycles. The summed E-state index contributed by atoms with van der Waals surface area (Å²) in [5.41, 5.74) is 1.01. The summed E-state index contributed by atoms with van der Waals surface area (Å²) in [6.45, 7) is 0.0947. The van der Waals surface area contributed by atoms with Crippen LogP contribution in [0, 0.1) is 0 Å². The van der Waals surface area contributed by atoms with Crippen molar-refractivity contribution >= 4 is 40.8 Å². The van der Waals surface area contributed by atoms with Gasteiger partial charge in [0.2, 0.25) is 0 Å². The van der Waals surface area contributed by atoms with Gasteiger partial charge in [-0.05, 0) is 24.3 Å². The van der Waals surface area contributed by atoms with Gasteiger partial charge in [-0.15, -0.1) is 0 Å². The van der Waals surface area contributed by atoms with Crippen molar-refractivity contribution in [3.63, 3.8) is 0 Å². The first-order valence-corrected chi connectivity index (χ1v) is 6.57. The third-order valence-electron chi connectivity index (χ3n) is 2.47. The fourth-order valence-electron chi connectivity index (χ4n) is 1.49. The maximum absolute atomic E-state index is 11.9. The Morgan fingerprint density at radius 3 is 2.42 bits per heavy atom. The molecule has 2 aromatic rings. The molecule has 0 heterocycles. The smallest absolute Gasteiger partial charge is 0.339 e. The van der Waals surface area contributed by atoms with Gasteiger partial charge in [0.15, 0.2) is 0 Å². The highest BCUT2D eigenvalue weighted by Crippen LogP contribution is 2.22. The first-order chi connectivity index (χ1) is 9.08. The van der Waals surface area contributed by atoms with Gasteiger partial charge in [0.05, 0.1) is 10.6 Å². The van der Waals surface area contributed by atoms with Gasteiger partial charge in [-0.1, -0.05) is 53.0 Å². The quantitative estimate of drug-likeness (QED) is 0.745. The van der Waals surface area contributed by atoms with Gasteiger partial charge in [-0.2, -0.15) is 0 Å². The molecule has 0 aliphatic rings. The Morgan fingerprint density at radius 1 is 1.00 bits per heavy atom. The summed E-state index contributed by atoms with van der Waals surface area (Å²) < 4.78 is 5.16. The second-order valence-electron chi connectivity index (χ2n) is 3.79. The molecular weight excluding hydrogens is 307 g/mol. The Balaban J connectivity index is 2.08. The minimum Gasteiger partial charge on any atom is -0.457 e. The molecule has 0 spiro atoms. The number of benzene rings is 2. The number of hydrogen-bond acceptors (Lipinski definition) is 2. The van der Waals surface area contributed by atoms with Gasteiger partial charge in [0.1, 0.15) is 6.61 Å². The van der Waals surface area contributed by atoms with Crippen molar-refractivity contribution in [2.45, 2.75) is 6.61 Å². The van der Waals surface area contributed by atoms with Crippen LogP contribution in [0.3, 0.4) is 0 Å². The molecule has 0 radical (unpaired) electrons. The zero-order valence-electron chi connectivity index (χ0n) is 9.70. The first-order valence-electron chi connectivity index (χ1n) is 5.43. The van der Waals surface area contributed by atoms with Gasteiger partial charge in [0.25, 0.3) is 0 Å². The Kier molecular flexibility index (Phi) is 4.70. The van der Waals surface area contributed by atoms with E-state index in [1.54, 1.807) is 18.2 Å². The molecule has 0 amide bonds. The second kappa shape index (κ2) is 6.29. The van der Waals surface area contributed by atoms with Crippen LogP contribution >= 0.6 is 34.8 Å². The number of ether oxygens (including phenoxy) is 1. The van der Waals surface area contributed by atoms with Crippen molar-refractivity contribution in [3.8, 4) is 0 Å². The predicted molar refractivity (Wildman–Crippen MR) is 77.0 cm³/mol. The van der Waals surface area contributed by atoms with Crippen molar-refractivity contribution < 1.29 is 9.53 Å². The molecule has 0 fully saturated rings. The maximum atomic E-state index is 11.9. The molecule has 2 rings (SSSR count). The second-order valence-corrected chi connectivity index (χ2v) is 5.04. The van der Waals surface area contributed by atoms with E-state index in [1.807, 2.05) is 12.1 Å². The van der Waals surface area contributed by atoms with Crippen molar-refractivity contribution in [3.05, 3.63) is 68.7 Å². The van der Waals surface area contributed by atoms with E-state index in [4.69, 9.17) is 39.5 Å². The van der Waals surface area contributed by atoms with Crippen LogP contribution in [0.15, 0.2) is 42.5 Å². The number of halogens is 3. The Labute approximate surface area is 125 Å². The summed E-state index contributed by atoms with van der Waals surface area (Å²) in [6.07, 6.45) is 0. The van der Waals surface area contributed by atoms with Crippen LogP contribution in [0.2, 0.25) is 15.1 Å². The van der Waals surface area contributed by atoms with Gasteiger partial charge in [-0.3, -0.25) is 0 Å². The molecule has 2 aromatic carbocycles. The normalized spacial score (nSPS) is 10.3. The summed E-state index contributed by atoms with van der Waals surface area (Å²) in [7, 11) is 0. The highest BCUT2D eigenvalue weighted by molar-refractivity contribution is 6.36. The van der Waals surface area contributed by atoms with E-state index in [0.29, 0.717) is 10.0 Å². The lowest BCUT2D eigenvalue weighted by Crippen LogP contribution is -2.06. The minimum absolute atomic E-state index is 0.0947. The Bertz CT molecular complexity index is 611. The zero-order valence-corrected chi connectivity index (χ0v) is 12.0. The minimum atomic E-state index is -0.512. The lowest BCUT2D eigenvalue weighted by Gasteiger charge is -2.07. The van der Waals surface area contributed by atoms with Gasteiger partial charge >= 0.3 is 5.97 Å². The van der Waals surface area contributed by atoms with Crippen LogP contribution < -0.4 is 0 Å². The zero-order chi connectivity index (χ0) is 13.8. The largest absolute Gasteiger partial charge is 0.457 e. The number of hydrogen-bond donors (Lipinski definition) is 0. The third-order valence-corrected chi connectivity index (χ3v) is 3.38. The molecule has 0 saturated carbocycles.